The molecular weight excluding hydrogens is 665 g/mol. The number of hydrogen-bond acceptors (Lipinski definition) is 5. The minimum Gasteiger partial charge on any atom is -0.507 e. The molecule has 0 atom stereocenters. The van der Waals surface area contributed by atoms with E-state index in [1.165, 1.54) is 16.7 Å². The van der Waals surface area contributed by atoms with E-state index in [-0.39, 0.29) is 21.7 Å². The van der Waals surface area contributed by atoms with Gasteiger partial charge in [0.1, 0.15) is 17.3 Å². The predicted octanol–water partition coefficient (Wildman–Crippen LogP) is 11.8. The van der Waals surface area contributed by atoms with Crippen molar-refractivity contribution >= 4 is 22.4 Å². The highest BCUT2D eigenvalue weighted by Gasteiger charge is 2.30. The van der Waals surface area contributed by atoms with Gasteiger partial charge >= 0.3 is 0 Å². The second-order valence-electron chi connectivity index (χ2n) is 19.7. The summed E-state index contributed by atoms with van der Waals surface area (Å²) < 4.78 is 6.61. The zero-order valence-corrected chi connectivity index (χ0v) is 35.3. The Morgan fingerprint density at radius 2 is 1.20 bits per heavy atom. The van der Waals surface area contributed by atoms with E-state index in [9.17, 15) is 5.11 Å². The molecule has 0 unspecified atom stereocenters. The highest BCUT2D eigenvalue weighted by molar-refractivity contribution is 6.07. The van der Waals surface area contributed by atoms with Crippen molar-refractivity contribution in [3.05, 3.63) is 94.0 Å². The highest BCUT2D eigenvalue weighted by Crippen LogP contribution is 2.44. The number of H-pyrrole nitrogens is 1. The molecule has 54 heavy (non-hydrogen) atoms. The van der Waals surface area contributed by atoms with Gasteiger partial charge in [-0.2, -0.15) is 0 Å². The lowest BCUT2D eigenvalue weighted by Gasteiger charge is -2.30. The molecule has 6 rings (SSSR count). The number of ether oxygens (including phenoxy) is 1. The predicted molar refractivity (Wildman–Crippen MR) is 228 cm³/mol. The smallest absolute Gasteiger partial charge is 0.138 e. The lowest BCUT2D eigenvalue weighted by Crippen LogP contribution is -2.21. The largest absolute Gasteiger partial charge is 0.507 e. The summed E-state index contributed by atoms with van der Waals surface area (Å²) in [6.45, 7) is 28.2. The molecule has 1 aliphatic heterocycles. The number of benzene rings is 4. The lowest BCUT2D eigenvalue weighted by atomic mass is 9.78. The van der Waals surface area contributed by atoms with Crippen LogP contribution < -0.4 is 4.74 Å². The molecule has 2 N–H and O–H groups in total. The van der Waals surface area contributed by atoms with Gasteiger partial charge in [0.2, 0.25) is 0 Å². The fraction of sp³-hybridized carbons (Fsp3) is 0.458. The van der Waals surface area contributed by atoms with E-state index in [2.05, 4.69) is 168 Å². The van der Waals surface area contributed by atoms with E-state index in [1.807, 2.05) is 0 Å². The van der Waals surface area contributed by atoms with Crippen LogP contribution >= 0.6 is 0 Å². The van der Waals surface area contributed by atoms with Gasteiger partial charge in [0.25, 0.3) is 0 Å². The summed E-state index contributed by atoms with van der Waals surface area (Å²) in [5.41, 5.74) is 13.3. The number of aliphatic imine (C=N–C) groups is 1. The van der Waals surface area contributed by atoms with Crippen LogP contribution in [-0.2, 0) is 28.1 Å². The quantitative estimate of drug-likeness (QED) is 0.156. The standard InChI is InChI=1S/C48H62N4O2/c1-45(2,3)34-22-32(23-35(42(34)53)46(4,5)6)40-28-31-17-16-29(26-39(31)49-40)30-18-19-38-41(27-30)51-44(50-38)33-24-36(47(7,8)9)43(37(25-33)48(10,11)12)54-21-15-20-52(13)14/h16-19,22-27,53H,15,20-21,28H2,1-14H3,(H,50,51). The van der Waals surface area contributed by atoms with Crippen LogP contribution in [0, 0.1) is 0 Å². The van der Waals surface area contributed by atoms with Gasteiger partial charge in [0, 0.05) is 40.8 Å². The second-order valence-corrected chi connectivity index (χ2v) is 19.7. The number of phenols is 1. The van der Waals surface area contributed by atoms with E-state index < -0.39 is 0 Å². The van der Waals surface area contributed by atoms with Gasteiger partial charge in [-0.25, -0.2) is 4.98 Å². The number of rotatable bonds is 8. The lowest BCUT2D eigenvalue weighted by molar-refractivity contribution is 0.270. The maximum absolute atomic E-state index is 11.3. The van der Waals surface area contributed by atoms with Crippen LogP contribution in [0.25, 0.3) is 33.5 Å². The van der Waals surface area contributed by atoms with Crippen LogP contribution in [0.4, 0.5) is 5.69 Å². The van der Waals surface area contributed by atoms with Crippen molar-refractivity contribution in [2.24, 2.45) is 4.99 Å². The van der Waals surface area contributed by atoms with Crippen molar-refractivity contribution < 1.29 is 9.84 Å². The van der Waals surface area contributed by atoms with E-state index in [4.69, 9.17) is 14.7 Å². The molecule has 1 aromatic heterocycles. The third-order valence-electron chi connectivity index (χ3n) is 10.5. The fourth-order valence-electron chi connectivity index (χ4n) is 7.39. The van der Waals surface area contributed by atoms with Crippen LogP contribution in [0.5, 0.6) is 11.5 Å². The summed E-state index contributed by atoms with van der Waals surface area (Å²) in [5.74, 6) is 2.27. The van der Waals surface area contributed by atoms with Crippen molar-refractivity contribution in [3.8, 4) is 34.0 Å². The summed E-state index contributed by atoms with van der Waals surface area (Å²) in [4.78, 5) is 16.2. The summed E-state index contributed by atoms with van der Waals surface area (Å²) in [6.07, 6.45) is 1.74. The van der Waals surface area contributed by atoms with Gasteiger partial charge in [0.15, 0.2) is 0 Å². The number of nitrogens with one attached hydrogen (secondary N) is 1. The number of fused-ring (bicyclic) bond motifs is 2. The number of aromatic nitrogens is 2. The molecule has 1 aliphatic rings. The van der Waals surface area contributed by atoms with Gasteiger partial charge in [-0.1, -0.05) is 101 Å². The number of nitrogens with zero attached hydrogens (tertiary/aromatic N) is 3. The fourth-order valence-corrected chi connectivity index (χ4v) is 7.39. The third-order valence-corrected chi connectivity index (χ3v) is 10.5. The van der Waals surface area contributed by atoms with Crippen LogP contribution in [0.1, 0.15) is 123 Å². The molecule has 0 saturated carbocycles. The molecule has 0 fully saturated rings. The van der Waals surface area contributed by atoms with E-state index >= 15 is 0 Å². The Morgan fingerprint density at radius 1 is 0.667 bits per heavy atom. The normalized spacial score (nSPS) is 13.9. The van der Waals surface area contributed by atoms with Gasteiger partial charge in [-0.3, -0.25) is 4.99 Å². The molecule has 0 spiro atoms. The molecule has 6 nitrogen and oxygen atoms in total. The molecule has 0 saturated heterocycles. The second kappa shape index (κ2) is 14.0. The Kier molecular flexibility index (Phi) is 10.2. The molecule has 0 aliphatic carbocycles. The molecule has 5 aromatic rings. The molecule has 2 heterocycles. The van der Waals surface area contributed by atoms with Crippen molar-refractivity contribution in [1.29, 1.82) is 0 Å². The molecular formula is C48H62N4O2. The Labute approximate surface area is 324 Å². The van der Waals surface area contributed by atoms with Gasteiger partial charge in [-0.05, 0) is 107 Å². The monoisotopic (exact) mass is 726 g/mol. The molecule has 286 valence electrons. The van der Waals surface area contributed by atoms with Crippen LogP contribution in [0.2, 0.25) is 0 Å². The van der Waals surface area contributed by atoms with Gasteiger partial charge in [0.05, 0.1) is 29.0 Å². The first-order valence-corrected chi connectivity index (χ1v) is 19.6. The molecule has 0 amide bonds. The third kappa shape index (κ3) is 8.15. The number of imidazole rings is 1. The summed E-state index contributed by atoms with van der Waals surface area (Å²) in [5, 5.41) is 11.3. The molecule has 0 bridgehead atoms. The average molecular weight is 727 g/mol. The highest BCUT2D eigenvalue weighted by atomic mass is 16.5. The van der Waals surface area contributed by atoms with Crippen LogP contribution in [0.3, 0.4) is 0 Å². The van der Waals surface area contributed by atoms with E-state index in [1.54, 1.807) is 0 Å². The van der Waals surface area contributed by atoms with Crippen molar-refractivity contribution in [2.75, 3.05) is 27.2 Å². The Morgan fingerprint density at radius 3 is 1.76 bits per heavy atom. The van der Waals surface area contributed by atoms with Gasteiger partial charge < -0.3 is 19.7 Å². The van der Waals surface area contributed by atoms with Crippen molar-refractivity contribution in [2.45, 2.75) is 118 Å². The van der Waals surface area contributed by atoms with E-state index in [0.717, 1.165) is 86.8 Å². The zero-order chi connectivity index (χ0) is 39.5. The Hall–Kier alpha value is -4.42. The van der Waals surface area contributed by atoms with Crippen molar-refractivity contribution in [1.82, 2.24) is 14.9 Å². The number of phenolic OH excluding ortho intramolecular Hbond substituents is 1. The maximum atomic E-state index is 11.3. The summed E-state index contributed by atoms with van der Waals surface area (Å²) in [7, 11) is 4.21. The van der Waals surface area contributed by atoms with Crippen LogP contribution in [0.15, 0.2) is 65.7 Å². The van der Waals surface area contributed by atoms with E-state index in [0.29, 0.717) is 12.4 Å². The molecule has 4 aromatic carbocycles. The topological polar surface area (TPSA) is 73.7 Å². The SMILES string of the molecule is CN(C)CCCOc1c(C(C)(C)C)cc(-c2nc3ccc(-c4ccc5c(c4)N=C(c4cc(C(C)(C)C)c(O)c(C(C)(C)C)c4)C5)cc3[nH]2)cc1C(C)(C)C. The summed E-state index contributed by atoms with van der Waals surface area (Å²) >= 11 is 0. The number of aromatic hydroxyl groups is 1. The van der Waals surface area contributed by atoms with Crippen molar-refractivity contribution in [3.63, 3.8) is 0 Å². The van der Waals surface area contributed by atoms with Gasteiger partial charge in [-0.15, -0.1) is 0 Å². The minimum absolute atomic E-state index is 0.117. The zero-order valence-electron chi connectivity index (χ0n) is 35.3. The maximum Gasteiger partial charge on any atom is 0.138 e. The molecule has 6 heteroatoms. The first kappa shape index (κ1) is 39.3. The Balaban J connectivity index is 1.35. The first-order chi connectivity index (χ1) is 25.0. The molecule has 0 radical (unpaired) electrons. The number of hydrogen-bond donors (Lipinski definition) is 2. The minimum atomic E-state index is -0.197. The summed E-state index contributed by atoms with van der Waals surface area (Å²) in [6, 6.07) is 21.9. The Bertz CT molecular complexity index is 2160. The number of aromatic amines is 1. The van der Waals surface area contributed by atoms with Crippen LogP contribution in [-0.4, -0.2) is 52.9 Å². The first-order valence-electron chi connectivity index (χ1n) is 19.6. The average Bonchev–Trinajstić information content (AvgIpc) is 3.68.